The van der Waals surface area contributed by atoms with Gasteiger partial charge in [0.05, 0.1) is 9.82 Å². The summed E-state index contributed by atoms with van der Waals surface area (Å²) in [5.41, 5.74) is 0.257. The van der Waals surface area contributed by atoms with E-state index in [1.165, 1.54) is 48.5 Å². The monoisotopic (exact) mass is 461 g/mol. The number of aromatic nitrogens is 1. The van der Waals surface area contributed by atoms with Gasteiger partial charge in [0, 0.05) is 29.4 Å². The zero-order valence-corrected chi connectivity index (χ0v) is 17.5. The van der Waals surface area contributed by atoms with Crippen LogP contribution in [0.3, 0.4) is 0 Å². The molecule has 0 bridgehead atoms. The molecule has 0 fully saturated rings. The number of aryl methyl sites for hydroxylation is 1. The van der Waals surface area contributed by atoms with Crippen molar-refractivity contribution >= 4 is 50.5 Å². The first-order valence-electron chi connectivity index (χ1n) is 8.57. The van der Waals surface area contributed by atoms with E-state index in [0.717, 1.165) is 6.07 Å². The van der Waals surface area contributed by atoms with Crippen molar-refractivity contribution in [2.75, 3.05) is 10.0 Å². The van der Waals surface area contributed by atoms with Gasteiger partial charge in [-0.05, 0) is 49.5 Å². The third kappa shape index (κ3) is 5.61. The number of nitrogens with one attached hydrogen (secondary N) is 3. The van der Waals surface area contributed by atoms with E-state index < -0.39 is 20.9 Å². The molecule has 0 aliphatic carbocycles. The van der Waals surface area contributed by atoms with Crippen molar-refractivity contribution in [3.8, 4) is 0 Å². The van der Waals surface area contributed by atoms with Gasteiger partial charge >= 0.3 is 0 Å². The highest BCUT2D eigenvalue weighted by Gasteiger charge is 2.17. The fraction of sp³-hybridized carbons (Fsp3) is 0.0556. The molecule has 3 N–H and O–H groups in total. The summed E-state index contributed by atoms with van der Waals surface area (Å²) in [6.07, 6.45) is 0. The molecule has 3 rings (SSSR count). The van der Waals surface area contributed by atoms with Crippen LogP contribution >= 0.6 is 12.2 Å². The van der Waals surface area contributed by atoms with E-state index in [9.17, 15) is 23.3 Å². The minimum atomic E-state index is -3.87. The molecule has 0 aliphatic rings. The van der Waals surface area contributed by atoms with Crippen molar-refractivity contribution in [3.63, 3.8) is 0 Å². The second-order valence-corrected chi connectivity index (χ2v) is 8.26. The van der Waals surface area contributed by atoms with E-state index >= 15 is 0 Å². The number of non-ortho nitro benzene ring substituents is 1. The SMILES string of the molecule is Cc1cc(NS(=O)(=O)c2ccc(NC(=S)NC(=O)c3cccc([N+](=O)[O-])c3)cc2)no1. The Kier molecular flexibility index (Phi) is 6.27. The molecule has 31 heavy (non-hydrogen) atoms. The van der Waals surface area contributed by atoms with E-state index in [1.54, 1.807) is 6.92 Å². The van der Waals surface area contributed by atoms with Gasteiger partial charge < -0.3 is 9.84 Å². The molecule has 0 radical (unpaired) electrons. The molecular weight excluding hydrogens is 446 g/mol. The molecule has 0 unspecified atom stereocenters. The first kappa shape index (κ1) is 21.9. The van der Waals surface area contributed by atoms with Gasteiger partial charge in [-0.25, -0.2) is 8.42 Å². The molecule has 0 atom stereocenters. The van der Waals surface area contributed by atoms with Crippen molar-refractivity contribution in [1.29, 1.82) is 0 Å². The Labute approximate surface area is 181 Å². The van der Waals surface area contributed by atoms with E-state index in [2.05, 4.69) is 20.5 Å². The van der Waals surface area contributed by atoms with Crippen LogP contribution in [0.1, 0.15) is 16.1 Å². The van der Waals surface area contributed by atoms with Crippen LogP contribution < -0.4 is 15.4 Å². The Morgan fingerprint density at radius 3 is 2.48 bits per heavy atom. The fourth-order valence-corrected chi connectivity index (χ4v) is 3.62. The molecule has 1 amide bonds. The van der Waals surface area contributed by atoms with E-state index in [-0.39, 0.29) is 27.1 Å². The summed E-state index contributed by atoms with van der Waals surface area (Å²) in [6.45, 7) is 1.63. The van der Waals surface area contributed by atoms with Crippen molar-refractivity contribution in [2.24, 2.45) is 0 Å². The summed E-state index contributed by atoms with van der Waals surface area (Å²) in [6, 6.07) is 12.2. The molecule has 3 aromatic rings. The number of thiocarbonyl (C=S) groups is 1. The molecular formula is C18H15N5O6S2. The van der Waals surface area contributed by atoms with Crippen molar-refractivity contribution in [3.05, 3.63) is 76.0 Å². The lowest BCUT2D eigenvalue weighted by Crippen LogP contribution is -2.34. The van der Waals surface area contributed by atoms with Crippen LogP contribution in [0.4, 0.5) is 17.2 Å². The standard InChI is InChI=1S/C18H15N5O6S2/c1-11-9-16(21-29-11)22-31(27,28)15-7-5-13(6-8-15)19-18(30)20-17(24)12-3-2-4-14(10-12)23(25)26/h2-10H,1H3,(H,21,22)(H2,19,20,24,30). The second kappa shape index (κ2) is 8.89. The minimum Gasteiger partial charge on any atom is -0.360 e. The molecule has 0 aliphatic heterocycles. The summed E-state index contributed by atoms with van der Waals surface area (Å²) in [7, 11) is -3.87. The number of carbonyl (C=O) groups excluding carboxylic acids is 1. The fourth-order valence-electron chi connectivity index (χ4n) is 2.43. The number of hydrogen-bond donors (Lipinski definition) is 3. The van der Waals surface area contributed by atoms with Crippen LogP contribution in [0.2, 0.25) is 0 Å². The molecule has 11 nitrogen and oxygen atoms in total. The molecule has 0 spiro atoms. The Bertz CT molecular complexity index is 1250. The predicted octanol–water partition coefficient (Wildman–Crippen LogP) is 2.82. The van der Waals surface area contributed by atoms with Crippen molar-refractivity contribution in [2.45, 2.75) is 11.8 Å². The number of carbonyl (C=O) groups is 1. The molecule has 160 valence electrons. The number of anilines is 2. The van der Waals surface area contributed by atoms with Crippen LogP contribution in [-0.4, -0.2) is 29.5 Å². The number of nitro benzene ring substituents is 1. The van der Waals surface area contributed by atoms with Crippen molar-refractivity contribution in [1.82, 2.24) is 10.5 Å². The maximum Gasteiger partial charge on any atom is 0.270 e. The lowest BCUT2D eigenvalue weighted by molar-refractivity contribution is -0.384. The summed E-state index contributed by atoms with van der Waals surface area (Å²) < 4.78 is 31.9. The van der Waals surface area contributed by atoms with Crippen LogP contribution in [-0.2, 0) is 10.0 Å². The third-order valence-corrected chi connectivity index (χ3v) is 5.41. The van der Waals surface area contributed by atoms with E-state index in [0.29, 0.717) is 11.4 Å². The average molecular weight is 461 g/mol. The summed E-state index contributed by atoms with van der Waals surface area (Å²) in [5.74, 6) is -0.116. The lowest BCUT2D eigenvalue weighted by Gasteiger charge is -2.10. The molecule has 1 aromatic heterocycles. The summed E-state index contributed by atoms with van der Waals surface area (Å²) in [4.78, 5) is 22.4. The van der Waals surface area contributed by atoms with Gasteiger partial charge in [-0.15, -0.1) is 0 Å². The number of hydrogen-bond acceptors (Lipinski definition) is 8. The molecule has 13 heteroatoms. The van der Waals surface area contributed by atoms with Gasteiger partial charge in [-0.2, -0.15) is 0 Å². The van der Waals surface area contributed by atoms with Gasteiger partial charge in [0.15, 0.2) is 10.9 Å². The number of amides is 1. The predicted molar refractivity (Wildman–Crippen MR) is 115 cm³/mol. The Balaban J connectivity index is 1.62. The van der Waals surface area contributed by atoms with Gasteiger partial charge in [0.2, 0.25) is 0 Å². The zero-order chi connectivity index (χ0) is 22.6. The lowest BCUT2D eigenvalue weighted by atomic mass is 10.2. The quantitative estimate of drug-likeness (QED) is 0.285. The molecule has 1 heterocycles. The van der Waals surface area contributed by atoms with Gasteiger partial charge in [-0.3, -0.25) is 24.9 Å². The maximum atomic E-state index is 12.4. The number of nitrogens with zero attached hydrogens (tertiary/aromatic N) is 2. The van der Waals surface area contributed by atoms with Crippen molar-refractivity contribution < 1.29 is 22.7 Å². The van der Waals surface area contributed by atoms with Gasteiger partial charge in [0.25, 0.3) is 21.6 Å². The first-order chi connectivity index (χ1) is 14.6. The molecule has 0 saturated heterocycles. The third-order valence-electron chi connectivity index (χ3n) is 3.84. The van der Waals surface area contributed by atoms with E-state index in [1.807, 2.05) is 0 Å². The van der Waals surface area contributed by atoms with Crippen LogP contribution in [0.5, 0.6) is 0 Å². The second-order valence-electron chi connectivity index (χ2n) is 6.17. The number of sulfonamides is 1. The Hall–Kier alpha value is -3.84. The van der Waals surface area contributed by atoms with E-state index in [4.69, 9.17) is 16.7 Å². The number of nitro groups is 1. The van der Waals surface area contributed by atoms with Gasteiger partial charge in [-0.1, -0.05) is 11.2 Å². The number of benzene rings is 2. The van der Waals surface area contributed by atoms with Crippen LogP contribution in [0, 0.1) is 17.0 Å². The summed E-state index contributed by atoms with van der Waals surface area (Å²) in [5, 5.41) is 19.5. The summed E-state index contributed by atoms with van der Waals surface area (Å²) >= 11 is 5.07. The Morgan fingerprint density at radius 2 is 1.87 bits per heavy atom. The first-order valence-corrected chi connectivity index (χ1v) is 10.5. The minimum absolute atomic E-state index is 0.0229. The highest BCUT2D eigenvalue weighted by molar-refractivity contribution is 7.92. The highest BCUT2D eigenvalue weighted by atomic mass is 32.2. The normalized spacial score (nSPS) is 10.9. The van der Waals surface area contributed by atoms with Crippen LogP contribution in [0.15, 0.2) is 64.0 Å². The van der Waals surface area contributed by atoms with Gasteiger partial charge in [0.1, 0.15) is 5.76 Å². The largest absolute Gasteiger partial charge is 0.360 e. The smallest absolute Gasteiger partial charge is 0.270 e. The maximum absolute atomic E-state index is 12.4. The highest BCUT2D eigenvalue weighted by Crippen LogP contribution is 2.18. The zero-order valence-electron chi connectivity index (χ0n) is 15.9. The Morgan fingerprint density at radius 1 is 1.16 bits per heavy atom. The topological polar surface area (TPSA) is 156 Å². The average Bonchev–Trinajstić information content (AvgIpc) is 3.12. The molecule has 2 aromatic carbocycles. The number of rotatable bonds is 6. The van der Waals surface area contributed by atoms with Crippen LogP contribution in [0.25, 0.3) is 0 Å². The molecule has 0 saturated carbocycles.